The van der Waals surface area contributed by atoms with Gasteiger partial charge >= 0.3 is 0 Å². The van der Waals surface area contributed by atoms with Gasteiger partial charge in [-0.3, -0.25) is 0 Å². The van der Waals surface area contributed by atoms with Gasteiger partial charge < -0.3 is 0 Å². The fourth-order valence-corrected chi connectivity index (χ4v) is 1.28. The summed E-state index contributed by atoms with van der Waals surface area (Å²) in [6, 6.07) is 0. The van der Waals surface area contributed by atoms with Crippen molar-refractivity contribution in [1.82, 2.24) is 0 Å². The molecule has 12 heavy (non-hydrogen) atoms. The molecule has 0 aromatic heterocycles. The van der Waals surface area contributed by atoms with Gasteiger partial charge in [0.2, 0.25) is 0 Å². The molecule has 0 heteroatoms. The van der Waals surface area contributed by atoms with E-state index >= 15 is 0 Å². The van der Waals surface area contributed by atoms with Crippen molar-refractivity contribution >= 4 is 0 Å². The van der Waals surface area contributed by atoms with Crippen molar-refractivity contribution in [3.63, 3.8) is 0 Å². The molecule has 0 saturated heterocycles. The van der Waals surface area contributed by atoms with Crippen molar-refractivity contribution in [1.29, 1.82) is 0 Å². The van der Waals surface area contributed by atoms with Crippen molar-refractivity contribution in [2.45, 2.75) is 27.7 Å². The smallest absolute Gasteiger partial charge is 0.000147 e. The van der Waals surface area contributed by atoms with Crippen LogP contribution in [0, 0.1) is 11.3 Å². The van der Waals surface area contributed by atoms with Gasteiger partial charge in [0.15, 0.2) is 0 Å². The highest BCUT2D eigenvalue weighted by molar-refractivity contribution is 5.27. The molecule has 0 fully saturated rings. The van der Waals surface area contributed by atoms with E-state index in [0.717, 1.165) is 0 Å². The first-order valence-electron chi connectivity index (χ1n) is 4.53. The van der Waals surface area contributed by atoms with Gasteiger partial charge in [0, 0.05) is 5.92 Å². The van der Waals surface area contributed by atoms with E-state index in [9.17, 15) is 0 Å². The lowest BCUT2D eigenvalue weighted by Crippen LogP contribution is -2.15. The van der Waals surface area contributed by atoms with Crippen LogP contribution in [-0.2, 0) is 0 Å². The van der Waals surface area contributed by atoms with Gasteiger partial charge in [-0.1, -0.05) is 56.7 Å². The SMILES string of the molecule is CC1=CC=CC(C(C)(C)C)C=C1. The van der Waals surface area contributed by atoms with Crippen LogP contribution in [0.4, 0.5) is 0 Å². The van der Waals surface area contributed by atoms with Crippen LogP contribution < -0.4 is 0 Å². The van der Waals surface area contributed by atoms with Gasteiger partial charge in [-0.05, 0) is 12.3 Å². The minimum Gasteiger partial charge on any atom is -0.0771 e. The largest absolute Gasteiger partial charge is 0.0771 e. The van der Waals surface area contributed by atoms with Crippen LogP contribution >= 0.6 is 0 Å². The maximum Gasteiger partial charge on any atom is 0.000147 e. The summed E-state index contributed by atoms with van der Waals surface area (Å²) in [4.78, 5) is 0. The Hall–Kier alpha value is -0.780. The zero-order chi connectivity index (χ0) is 9.19. The number of hydrogen-bond acceptors (Lipinski definition) is 0. The Morgan fingerprint density at radius 3 is 2.42 bits per heavy atom. The van der Waals surface area contributed by atoms with E-state index in [0.29, 0.717) is 11.3 Å². The lowest BCUT2D eigenvalue weighted by Gasteiger charge is -2.24. The summed E-state index contributed by atoms with van der Waals surface area (Å²) < 4.78 is 0. The summed E-state index contributed by atoms with van der Waals surface area (Å²) in [5, 5.41) is 0. The van der Waals surface area contributed by atoms with Crippen LogP contribution in [0.3, 0.4) is 0 Å². The van der Waals surface area contributed by atoms with Crippen molar-refractivity contribution in [2.24, 2.45) is 11.3 Å². The summed E-state index contributed by atoms with van der Waals surface area (Å²) >= 11 is 0. The first-order valence-corrected chi connectivity index (χ1v) is 4.53. The first kappa shape index (κ1) is 9.31. The van der Waals surface area contributed by atoms with Gasteiger partial charge in [0.05, 0.1) is 0 Å². The Kier molecular flexibility index (Phi) is 2.56. The summed E-state index contributed by atoms with van der Waals surface area (Å²) in [5.74, 6) is 0.561. The molecule has 0 bridgehead atoms. The monoisotopic (exact) mass is 162 g/mol. The Labute approximate surface area is 75.7 Å². The minimum atomic E-state index is 0.339. The van der Waals surface area contributed by atoms with Crippen LogP contribution in [0.5, 0.6) is 0 Å². The van der Waals surface area contributed by atoms with Crippen LogP contribution in [-0.4, -0.2) is 0 Å². The Morgan fingerprint density at radius 1 is 1.17 bits per heavy atom. The second-order valence-corrected chi connectivity index (χ2v) is 4.55. The molecule has 0 aromatic rings. The zero-order valence-electron chi connectivity index (χ0n) is 8.46. The predicted octanol–water partition coefficient (Wildman–Crippen LogP) is 3.72. The fourth-order valence-electron chi connectivity index (χ4n) is 1.28. The van der Waals surface area contributed by atoms with E-state index in [1.165, 1.54) is 5.57 Å². The topological polar surface area (TPSA) is 0 Å². The molecule has 1 atom stereocenters. The molecular weight excluding hydrogens is 144 g/mol. The standard InChI is InChI=1S/C12H18/c1-10-6-5-7-11(9-8-10)12(2,3)4/h5-9,11H,1-4H3. The van der Waals surface area contributed by atoms with E-state index in [1.54, 1.807) is 0 Å². The zero-order valence-corrected chi connectivity index (χ0v) is 8.46. The molecule has 1 unspecified atom stereocenters. The molecule has 0 N–H and O–H groups in total. The number of allylic oxidation sites excluding steroid dienone is 6. The summed E-state index contributed by atoms with van der Waals surface area (Å²) in [7, 11) is 0. The molecule has 0 nitrogen and oxygen atoms in total. The van der Waals surface area contributed by atoms with Crippen LogP contribution in [0.15, 0.2) is 36.0 Å². The highest BCUT2D eigenvalue weighted by atomic mass is 14.2. The summed E-state index contributed by atoms with van der Waals surface area (Å²) in [6.07, 6.45) is 11.1. The molecule has 66 valence electrons. The molecular formula is C12H18. The molecule has 0 aliphatic heterocycles. The number of rotatable bonds is 0. The minimum absolute atomic E-state index is 0.339. The maximum atomic E-state index is 2.29. The van der Waals surface area contributed by atoms with Gasteiger partial charge in [0.25, 0.3) is 0 Å². The summed E-state index contributed by atoms with van der Waals surface area (Å²) in [6.45, 7) is 8.94. The summed E-state index contributed by atoms with van der Waals surface area (Å²) in [5.41, 5.74) is 1.67. The highest BCUT2D eigenvalue weighted by Crippen LogP contribution is 2.29. The number of hydrogen-bond donors (Lipinski definition) is 0. The third-order valence-electron chi connectivity index (χ3n) is 2.24. The Bertz CT molecular complexity index is 233. The third-order valence-corrected chi connectivity index (χ3v) is 2.24. The van der Waals surface area contributed by atoms with Crippen molar-refractivity contribution in [3.8, 4) is 0 Å². The first-order chi connectivity index (χ1) is 5.50. The molecule has 1 aliphatic rings. The Balaban J connectivity index is 2.81. The van der Waals surface area contributed by atoms with Crippen LogP contribution in [0.1, 0.15) is 27.7 Å². The second-order valence-electron chi connectivity index (χ2n) is 4.55. The molecule has 1 aliphatic carbocycles. The molecule has 0 amide bonds. The van der Waals surface area contributed by atoms with Gasteiger partial charge in [-0.25, -0.2) is 0 Å². The second kappa shape index (κ2) is 3.30. The van der Waals surface area contributed by atoms with E-state index < -0.39 is 0 Å². The average Bonchev–Trinajstić information content (AvgIpc) is 2.11. The van der Waals surface area contributed by atoms with E-state index in [2.05, 4.69) is 58.1 Å². The molecule has 1 rings (SSSR count). The predicted molar refractivity (Wildman–Crippen MR) is 55.0 cm³/mol. The normalized spacial score (nSPS) is 23.7. The average molecular weight is 162 g/mol. The van der Waals surface area contributed by atoms with E-state index in [4.69, 9.17) is 0 Å². The van der Waals surface area contributed by atoms with Crippen molar-refractivity contribution < 1.29 is 0 Å². The molecule has 0 aromatic carbocycles. The van der Waals surface area contributed by atoms with Crippen LogP contribution in [0.25, 0.3) is 0 Å². The molecule has 0 saturated carbocycles. The van der Waals surface area contributed by atoms with E-state index in [-0.39, 0.29) is 0 Å². The van der Waals surface area contributed by atoms with E-state index in [1.807, 2.05) is 0 Å². The van der Waals surface area contributed by atoms with Crippen molar-refractivity contribution in [2.75, 3.05) is 0 Å². The van der Waals surface area contributed by atoms with Gasteiger partial charge in [-0.2, -0.15) is 0 Å². The molecule has 0 heterocycles. The van der Waals surface area contributed by atoms with Gasteiger partial charge in [0.1, 0.15) is 0 Å². The Morgan fingerprint density at radius 2 is 1.83 bits per heavy atom. The molecule has 0 spiro atoms. The lowest BCUT2D eigenvalue weighted by molar-refractivity contribution is 0.344. The third kappa shape index (κ3) is 2.37. The van der Waals surface area contributed by atoms with Gasteiger partial charge in [-0.15, -0.1) is 0 Å². The highest BCUT2D eigenvalue weighted by Gasteiger charge is 2.19. The maximum absolute atomic E-state index is 2.29. The van der Waals surface area contributed by atoms with Crippen molar-refractivity contribution in [3.05, 3.63) is 36.0 Å². The lowest BCUT2D eigenvalue weighted by atomic mass is 9.80. The quantitative estimate of drug-likeness (QED) is 0.509. The molecule has 0 radical (unpaired) electrons. The fraction of sp³-hybridized carbons (Fsp3) is 0.500. The van der Waals surface area contributed by atoms with Crippen LogP contribution in [0.2, 0.25) is 0 Å².